The Labute approximate surface area is 92.6 Å². The molecule has 0 aromatic heterocycles. The number of amides is 2. The predicted octanol–water partition coefficient (Wildman–Crippen LogP) is 1.13. The van der Waals surface area contributed by atoms with Gasteiger partial charge in [-0.25, -0.2) is 4.79 Å². The zero-order valence-electron chi connectivity index (χ0n) is 10.1. The fraction of sp³-hybridized carbons (Fsp3) is 0.909. The van der Waals surface area contributed by atoms with E-state index >= 15 is 0 Å². The number of nitrogens with one attached hydrogen (secondary N) is 1. The first kappa shape index (κ1) is 12.3. The smallest absolute Gasteiger partial charge is 0.317 e. The van der Waals surface area contributed by atoms with Crippen molar-refractivity contribution in [3.8, 4) is 0 Å². The molecule has 2 amide bonds. The summed E-state index contributed by atoms with van der Waals surface area (Å²) < 4.78 is 0. The Balaban J connectivity index is 2.27. The molecule has 0 aromatic carbocycles. The van der Waals surface area contributed by atoms with E-state index < -0.39 is 0 Å². The molecule has 0 aromatic rings. The topological polar surface area (TPSA) is 35.6 Å². The second-order valence-corrected chi connectivity index (χ2v) is 4.41. The molecule has 15 heavy (non-hydrogen) atoms. The van der Waals surface area contributed by atoms with Crippen LogP contribution >= 0.6 is 0 Å². The second-order valence-electron chi connectivity index (χ2n) is 4.41. The summed E-state index contributed by atoms with van der Waals surface area (Å²) in [4.78, 5) is 15.8. The first-order valence-electron chi connectivity index (χ1n) is 5.84. The summed E-state index contributed by atoms with van der Waals surface area (Å²) >= 11 is 0. The fourth-order valence-corrected chi connectivity index (χ4v) is 1.93. The van der Waals surface area contributed by atoms with E-state index in [-0.39, 0.29) is 6.03 Å². The minimum atomic E-state index is 0.106. The Morgan fingerprint density at radius 3 is 2.47 bits per heavy atom. The zero-order chi connectivity index (χ0) is 11.3. The van der Waals surface area contributed by atoms with E-state index in [1.165, 1.54) is 0 Å². The summed E-state index contributed by atoms with van der Waals surface area (Å²) in [6, 6.07) is 0.745. The van der Waals surface area contributed by atoms with Crippen molar-refractivity contribution in [3.63, 3.8) is 0 Å². The molecule has 1 heterocycles. The van der Waals surface area contributed by atoms with Crippen LogP contribution in [0, 0.1) is 0 Å². The average molecular weight is 213 g/mol. The van der Waals surface area contributed by atoms with Crippen LogP contribution in [0.3, 0.4) is 0 Å². The maximum Gasteiger partial charge on any atom is 0.317 e. The molecule has 1 aliphatic heterocycles. The molecule has 1 aliphatic rings. The van der Waals surface area contributed by atoms with Crippen LogP contribution < -0.4 is 5.32 Å². The third-order valence-electron chi connectivity index (χ3n) is 3.01. The highest BCUT2D eigenvalue weighted by Crippen LogP contribution is 2.13. The van der Waals surface area contributed by atoms with Crippen LogP contribution in [0.2, 0.25) is 0 Å². The van der Waals surface area contributed by atoms with Crippen molar-refractivity contribution in [3.05, 3.63) is 0 Å². The van der Waals surface area contributed by atoms with E-state index in [1.54, 1.807) is 0 Å². The normalized spacial score (nSPS) is 18.3. The van der Waals surface area contributed by atoms with E-state index in [9.17, 15) is 4.79 Å². The highest BCUT2D eigenvalue weighted by atomic mass is 16.2. The van der Waals surface area contributed by atoms with E-state index in [0.29, 0.717) is 6.04 Å². The fourth-order valence-electron chi connectivity index (χ4n) is 1.93. The highest BCUT2D eigenvalue weighted by molar-refractivity contribution is 5.74. The van der Waals surface area contributed by atoms with Crippen LogP contribution in [0.1, 0.15) is 26.2 Å². The van der Waals surface area contributed by atoms with Gasteiger partial charge in [-0.05, 0) is 33.4 Å². The molecule has 1 N–H and O–H groups in total. The molecule has 4 nitrogen and oxygen atoms in total. The minimum absolute atomic E-state index is 0.106. The van der Waals surface area contributed by atoms with Gasteiger partial charge in [0.05, 0.1) is 0 Å². The number of likely N-dealkylation sites (tertiary alicyclic amines) is 1. The summed E-state index contributed by atoms with van der Waals surface area (Å²) in [6.45, 7) is 4.63. The number of carbonyl (C=O) groups excluding carboxylic acids is 1. The van der Waals surface area contributed by atoms with Crippen LogP contribution in [0.5, 0.6) is 0 Å². The first-order chi connectivity index (χ1) is 7.15. The van der Waals surface area contributed by atoms with Crippen LogP contribution in [0.25, 0.3) is 0 Å². The molecular formula is C11H23N3O. The van der Waals surface area contributed by atoms with Gasteiger partial charge in [-0.3, -0.25) is 0 Å². The van der Waals surface area contributed by atoms with Crippen LogP contribution in [-0.2, 0) is 0 Å². The molecule has 4 heteroatoms. The lowest BCUT2D eigenvalue weighted by atomic mass is 10.0. The van der Waals surface area contributed by atoms with E-state index in [1.807, 2.05) is 4.90 Å². The Bertz CT molecular complexity index is 198. The maximum atomic E-state index is 11.6. The molecule has 0 radical (unpaired) electrons. The van der Waals surface area contributed by atoms with Crippen molar-refractivity contribution in [1.29, 1.82) is 0 Å². The number of urea groups is 1. The predicted molar refractivity (Wildman–Crippen MR) is 62.0 cm³/mol. The standard InChI is InChI=1S/C11H23N3O/c1-4-7-12-11(15)14-8-5-10(6-9-14)13(2)3/h10H,4-9H2,1-3H3,(H,12,15). The number of nitrogens with zero attached hydrogens (tertiary/aromatic N) is 2. The van der Waals surface area contributed by atoms with Crippen LogP contribution in [0.4, 0.5) is 4.79 Å². The SMILES string of the molecule is CCCNC(=O)N1CCC(N(C)C)CC1. The summed E-state index contributed by atoms with van der Waals surface area (Å²) in [6.07, 6.45) is 3.18. The van der Waals surface area contributed by atoms with Gasteiger partial charge in [0.1, 0.15) is 0 Å². The van der Waals surface area contributed by atoms with Gasteiger partial charge in [0.15, 0.2) is 0 Å². The molecule has 0 spiro atoms. The quantitative estimate of drug-likeness (QED) is 0.763. The van der Waals surface area contributed by atoms with Gasteiger partial charge in [0.25, 0.3) is 0 Å². The summed E-state index contributed by atoms with van der Waals surface area (Å²) in [7, 11) is 4.22. The lowest BCUT2D eigenvalue weighted by molar-refractivity contribution is 0.148. The summed E-state index contributed by atoms with van der Waals surface area (Å²) in [5.41, 5.74) is 0. The van der Waals surface area contributed by atoms with Crippen LogP contribution in [-0.4, -0.2) is 55.6 Å². The van der Waals surface area contributed by atoms with Crippen molar-refractivity contribution in [2.24, 2.45) is 0 Å². The van der Waals surface area contributed by atoms with Crippen molar-refractivity contribution in [2.75, 3.05) is 33.7 Å². The number of piperidine rings is 1. The van der Waals surface area contributed by atoms with Gasteiger partial charge in [0.2, 0.25) is 0 Å². The van der Waals surface area contributed by atoms with Crippen LogP contribution in [0.15, 0.2) is 0 Å². The van der Waals surface area contributed by atoms with Gasteiger partial charge in [-0.2, -0.15) is 0 Å². The Kier molecular flexibility index (Phi) is 4.88. The molecule has 0 aliphatic carbocycles. The lowest BCUT2D eigenvalue weighted by Gasteiger charge is -2.35. The maximum absolute atomic E-state index is 11.6. The van der Waals surface area contributed by atoms with E-state index in [4.69, 9.17) is 0 Å². The highest BCUT2D eigenvalue weighted by Gasteiger charge is 2.23. The van der Waals surface area contributed by atoms with Gasteiger partial charge < -0.3 is 15.1 Å². The van der Waals surface area contributed by atoms with E-state index in [2.05, 4.69) is 31.2 Å². The third-order valence-corrected chi connectivity index (χ3v) is 3.01. The molecule has 1 rings (SSSR count). The number of rotatable bonds is 3. The van der Waals surface area contributed by atoms with Gasteiger partial charge in [0, 0.05) is 25.7 Å². The first-order valence-corrected chi connectivity index (χ1v) is 5.84. The minimum Gasteiger partial charge on any atom is -0.338 e. The van der Waals surface area contributed by atoms with Gasteiger partial charge in [-0.1, -0.05) is 6.92 Å². The third kappa shape index (κ3) is 3.70. The zero-order valence-corrected chi connectivity index (χ0v) is 10.1. The molecule has 0 atom stereocenters. The Morgan fingerprint density at radius 2 is 2.00 bits per heavy atom. The molecule has 1 saturated heterocycles. The van der Waals surface area contributed by atoms with Crippen molar-refractivity contribution < 1.29 is 4.79 Å². The van der Waals surface area contributed by atoms with Crippen molar-refractivity contribution in [1.82, 2.24) is 15.1 Å². The monoisotopic (exact) mass is 213 g/mol. The van der Waals surface area contributed by atoms with Gasteiger partial charge >= 0.3 is 6.03 Å². The number of hydrogen-bond donors (Lipinski definition) is 1. The molecule has 1 fully saturated rings. The number of hydrogen-bond acceptors (Lipinski definition) is 2. The summed E-state index contributed by atoms with van der Waals surface area (Å²) in [5, 5.41) is 2.92. The molecule has 0 saturated carbocycles. The van der Waals surface area contributed by atoms with E-state index in [0.717, 1.165) is 38.9 Å². The Morgan fingerprint density at radius 1 is 1.40 bits per heavy atom. The molecule has 88 valence electrons. The average Bonchev–Trinajstić information content (AvgIpc) is 2.26. The number of carbonyl (C=O) groups is 1. The molecule has 0 bridgehead atoms. The molecule has 0 unspecified atom stereocenters. The summed E-state index contributed by atoms with van der Waals surface area (Å²) in [5.74, 6) is 0. The van der Waals surface area contributed by atoms with Crippen molar-refractivity contribution in [2.45, 2.75) is 32.2 Å². The largest absolute Gasteiger partial charge is 0.338 e. The van der Waals surface area contributed by atoms with Crippen molar-refractivity contribution >= 4 is 6.03 Å². The lowest BCUT2D eigenvalue weighted by Crippen LogP contribution is -2.48. The Hall–Kier alpha value is -0.770. The molecular weight excluding hydrogens is 190 g/mol. The second kappa shape index (κ2) is 5.95. The van der Waals surface area contributed by atoms with Gasteiger partial charge in [-0.15, -0.1) is 0 Å².